The number of benzene rings is 2. The summed E-state index contributed by atoms with van der Waals surface area (Å²) in [6.45, 7) is 1.65. The molecule has 0 radical (unpaired) electrons. The number of anilines is 1. The quantitative estimate of drug-likeness (QED) is 0.291. The van der Waals surface area contributed by atoms with Crippen LogP contribution >= 0.6 is 45.8 Å². The predicted octanol–water partition coefficient (Wildman–Crippen LogP) is 5.73. The first-order chi connectivity index (χ1) is 20.7. The van der Waals surface area contributed by atoms with E-state index in [0.29, 0.717) is 41.0 Å². The van der Waals surface area contributed by atoms with Crippen molar-refractivity contribution >= 4 is 69.3 Å². The molecule has 226 valence electrons. The van der Waals surface area contributed by atoms with Gasteiger partial charge in [-0.3, -0.25) is 19.3 Å². The standard InChI is InChI=1S/C32H32Cl2IN3O5/c1-42-29(40)17-38-11-9-22(10-12-38)43-27-8-6-21(35)15-23(27)30-32(24-7-5-20(34)14-26(24)36-31(32)41)25(16-28(39)37-30)18-3-2-4-19(33)13-18/h2-8,14-15,18,22,25,30H,9-13,16-17H2,1H3,(H,36,41)(H,37,39)/t18?,25-,30+,32-/m0/s1. The summed E-state index contributed by atoms with van der Waals surface area (Å²) in [6, 6.07) is 10.7. The van der Waals surface area contributed by atoms with Crippen molar-refractivity contribution in [2.75, 3.05) is 32.1 Å². The van der Waals surface area contributed by atoms with Gasteiger partial charge in [0.25, 0.3) is 0 Å². The van der Waals surface area contributed by atoms with Gasteiger partial charge in [0.2, 0.25) is 11.8 Å². The Morgan fingerprint density at radius 2 is 1.91 bits per heavy atom. The Morgan fingerprint density at radius 3 is 2.65 bits per heavy atom. The second-order valence-corrected chi connectivity index (χ2v) is 13.7. The Hall–Kier alpha value is -2.60. The van der Waals surface area contributed by atoms with E-state index in [-0.39, 0.29) is 48.7 Å². The van der Waals surface area contributed by atoms with Gasteiger partial charge in [-0.2, -0.15) is 0 Å². The average molecular weight is 736 g/mol. The number of allylic oxidation sites excluding steroid dienone is 4. The molecule has 1 aliphatic carbocycles. The van der Waals surface area contributed by atoms with Gasteiger partial charge >= 0.3 is 5.97 Å². The van der Waals surface area contributed by atoms with Crippen LogP contribution in [0, 0.1) is 15.4 Å². The van der Waals surface area contributed by atoms with Gasteiger partial charge in [-0.25, -0.2) is 0 Å². The lowest BCUT2D eigenvalue weighted by atomic mass is 9.57. The molecule has 2 aromatic carbocycles. The van der Waals surface area contributed by atoms with Crippen molar-refractivity contribution in [3.8, 4) is 5.75 Å². The molecule has 1 spiro atoms. The molecule has 4 atom stereocenters. The third kappa shape index (κ3) is 5.81. The fourth-order valence-corrected chi connectivity index (χ4v) is 8.05. The molecule has 8 nitrogen and oxygen atoms in total. The number of hydrogen-bond acceptors (Lipinski definition) is 6. The van der Waals surface area contributed by atoms with Crippen molar-refractivity contribution in [2.24, 2.45) is 11.8 Å². The van der Waals surface area contributed by atoms with Crippen molar-refractivity contribution in [3.05, 3.63) is 79.4 Å². The highest BCUT2D eigenvalue weighted by atomic mass is 127. The molecule has 3 heterocycles. The Morgan fingerprint density at radius 1 is 1.12 bits per heavy atom. The molecule has 43 heavy (non-hydrogen) atoms. The summed E-state index contributed by atoms with van der Waals surface area (Å²) in [6.07, 6.45) is 7.91. The number of fused-ring (bicyclic) bond motifs is 2. The summed E-state index contributed by atoms with van der Waals surface area (Å²) < 4.78 is 12.4. The minimum absolute atomic E-state index is 0.0903. The van der Waals surface area contributed by atoms with Gasteiger partial charge in [0.1, 0.15) is 17.3 Å². The normalized spacial score (nSPS) is 27.3. The zero-order valence-electron chi connectivity index (χ0n) is 23.6. The first-order valence-corrected chi connectivity index (χ1v) is 16.2. The number of hydrogen-bond donors (Lipinski definition) is 2. The molecular formula is C32H32Cl2IN3O5. The number of esters is 1. The highest BCUT2D eigenvalue weighted by molar-refractivity contribution is 14.1. The maximum atomic E-state index is 14.4. The van der Waals surface area contributed by atoms with Crippen molar-refractivity contribution < 1.29 is 23.9 Å². The number of nitrogens with zero attached hydrogens (tertiary/aromatic N) is 1. The van der Waals surface area contributed by atoms with E-state index < -0.39 is 11.5 Å². The van der Waals surface area contributed by atoms with Gasteiger partial charge in [0.05, 0.1) is 19.7 Å². The van der Waals surface area contributed by atoms with Crippen LogP contribution in [0.5, 0.6) is 5.75 Å². The molecule has 4 aliphatic rings. The summed E-state index contributed by atoms with van der Waals surface area (Å²) >= 11 is 15.1. The number of amides is 2. The molecule has 1 unspecified atom stereocenters. The molecule has 6 rings (SSSR count). The SMILES string of the molecule is COC(=O)CN1CCC(Oc2ccc(I)cc2[C@H]2NC(=O)C[C@@H](C3C=CC=C(Cl)C3)[C@]23C(=O)Nc2cc(Cl)ccc23)CC1. The second kappa shape index (κ2) is 12.4. The Bertz CT molecular complexity index is 1520. The lowest BCUT2D eigenvalue weighted by Crippen LogP contribution is -2.59. The molecule has 0 bridgehead atoms. The highest BCUT2D eigenvalue weighted by Crippen LogP contribution is 2.58. The van der Waals surface area contributed by atoms with E-state index in [2.05, 4.69) is 44.2 Å². The van der Waals surface area contributed by atoms with Gasteiger partial charge < -0.3 is 20.1 Å². The number of halogens is 3. The van der Waals surface area contributed by atoms with Crippen LogP contribution in [0.4, 0.5) is 5.69 Å². The molecule has 2 N–H and O–H groups in total. The number of carbonyl (C=O) groups excluding carboxylic acids is 3. The molecule has 11 heteroatoms. The predicted molar refractivity (Wildman–Crippen MR) is 173 cm³/mol. The summed E-state index contributed by atoms with van der Waals surface area (Å²) in [5, 5.41) is 7.54. The maximum Gasteiger partial charge on any atom is 0.319 e. The van der Waals surface area contributed by atoms with E-state index in [1.807, 2.05) is 36.4 Å². The van der Waals surface area contributed by atoms with Gasteiger partial charge in [0, 0.05) is 44.4 Å². The summed E-state index contributed by atoms with van der Waals surface area (Å²) in [4.78, 5) is 41.7. The van der Waals surface area contributed by atoms with E-state index in [4.69, 9.17) is 32.7 Å². The topological polar surface area (TPSA) is 97.0 Å². The van der Waals surface area contributed by atoms with Crippen LogP contribution in [0.2, 0.25) is 5.02 Å². The number of ether oxygens (including phenoxy) is 2. The molecule has 3 aliphatic heterocycles. The third-order valence-electron chi connectivity index (χ3n) is 9.08. The summed E-state index contributed by atoms with van der Waals surface area (Å²) in [7, 11) is 1.39. The highest BCUT2D eigenvalue weighted by Gasteiger charge is 2.62. The lowest BCUT2D eigenvalue weighted by molar-refractivity contribution is -0.142. The molecular weight excluding hydrogens is 704 g/mol. The molecule has 2 aromatic rings. The van der Waals surface area contributed by atoms with Crippen LogP contribution in [0.1, 0.15) is 42.9 Å². The van der Waals surface area contributed by atoms with Crippen LogP contribution in [-0.4, -0.2) is 55.5 Å². The smallest absolute Gasteiger partial charge is 0.319 e. The van der Waals surface area contributed by atoms with E-state index in [1.165, 1.54) is 7.11 Å². The Labute approximate surface area is 274 Å². The minimum Gasteiger partial charge on any atom is -0.490 e. The summed E-state index contributed by atoms with van der Waals surface area (Å²) in [5.41, 5.74) is 1.07. The van der Waals surface area contributed by atoms with Crippen LogP contribution in [0.25, 0.3) is 0 Å². The van der Waals surface area contributed by atoms with E-state index >= 15 is 0 Å². The van der Waals surface area contributed by atoms with Crippen LogP contribution < -0.4 is 15.4 Å². The number of rotatable bonds is 6. The Balaban J connectivity index is 1.41. The van der Waals surface area contributed by atoms with Crippen LogP contribution in [-0.2, 0) is 24.5 Å². The first-order valence-electron chi connectivity index (χ1n) is 14.4. The zero-order valence-corrected chi connectivity index (χ0v) is 27.2. The number of methoxy groups -OCH3 is 1. The number of piperidine rings is 2. The summed E-state index contributed by atoms with van der Waals surface area (Å²) in [5.74, 6) is -0.447. The largest absolute Gasteiger partial charge is 0.490 e. The molecule has 0 aromatic heterocycles. The maximum absolute atomic E-state index is 14.4. The zero-order chi connectivity index (χ0) is 30.3. The van der Waals surface area contributed by atoms with Crippen LogP contribution in [0.3, 0.4) is 0 Å². The van der Waals surface area contributed by atoms with E-state index in [1.54, 1.807) is 12.1 Å². The van der Waals surface area contributed by atoms with Gasteiger partial charge in [-0.05, 0) is 95.7 Å². The van der Waals surface area contributed by atoms with Crippen LogP contribution in [0.15, 0.2) is 59.7 Å². The van der Waals surface area contributed by atoms with Crippen molar-refractivity contribution in [3.63, 3.8) is 0 Å². The van der Waals surface area contributed by atoms with Crippen molar-refractivity contribution in [2.45, 2.75) is 43.2 Å². The second-order valence-electron chi connectivity index (χ2n) is 11.5. The molecule has 2 amide bonds. The monoisotopic (exact) mass is 735 g/mol. The fourth-order valence-electron chi connectivity index (χ4n) is 7.11. The molecule has 0 saturated carbocycles. The number of nitrogens with one attached hydrogen (secondary N) is 2. The third-order valence-corrected chi connectivity index (χ3v) is 10.3. The average Bonchev–Trinajstić information content (AvgIpc) is 3.26. The Kier molecular flexibility index (Phi) is 8.79. The number of carbonyl (C=O) groups is 3. The molecule has 2 saturated heterocycles. The lowest BCUT2D eigenvalue weighted by Gasteiger charge is -2.49. The number of likely N-dealkylation sites (tertiary alicyclic amines) is 1. The van der Waals surface area contributed by atoms with Gasteiger partial charge in [-0.1, -0.05) is 41.4 Å². The van der Waals surface area contributed by atoms with Gasteiger partial charge in [-0.15, -0.1) is 0 Å². The van der Waals surface area contributed by atoms with E-state index in [9.17, 15) is 14.4 Å². The van der Waals surface area contributed by atoms with Crippen molar-refractivity contribution in [1.82, 2.24) is 10.2 Å². The van der Waals surface area contributed by atoms with E-state index in [0.717, 1.165) is 27.5 Å². The minimum atomic E-state index is -1.14. The van der Waals surface area contributed by atoms with Gasteiger partial charge in [0.15, 0.2) is 0 Å². The fraction of sp³-hybridized carbons (Fsp3) is 0.406. The van der Waals surface area contributed by atoms with Crippen molar-refractivity contribution in [1.29, 1.82) is 0 Å². The first kappa shape index (κ1) is 30.4. The molecule has 2 fully saturated rings.